The zero-order valence-corrected chi connectivity index (χ0v) is 17.3. The summed E-state index contributed by atoms with van der Waals surface area (Å²) in [5.41, 5.74) is 6.95. The van der Waals surface area contributed by atoms with Crippen molar-refractivity contribution < 1.29 is 9.59 Å². The van der Waals surface area contributed by atoms with Crippen molar-refractivity contribution in [2.75, 3.05) is 5.32 Å². The van der Waals surface area contributed by atoms with E-state index < -0.39 is 0 Å². The Bertz CT molecular complexity index is 1070. The molecule has 148 valence electrons. The van der Waals surface area contributed by atoms with Crippen LogP contribution in [-0.4, -0.2) is 11.8 Å². The van der Waals surface area contributed by atoms with Crippen molar-refractivity contribution in [1.29, 1.82) is 0 Å². The van der Waals surface area contributed by atoms with E-state index in [1.54, 1.807) is 0 Å². The van der Waals surface area contributed by atoms with Crippen LogP contribution in [0.15, 0.2) is 60.7 Å². The predicted octanol–water partition coefficient (Wildman–Crippen LogP) is 5.10. The fourth-order valence-corrected chi connectivity index (χ4v) is 3.20. The molecule has 29 heavy (non-hydrogen) atoms. The molecular formula is C25H26N2O2. The molecule has 4 nitrogen and oxygen atoms in total. The van der Waals surface area contributed by atoms with Gasteiger partial charge < -0.3 is 10.6 Å². The molecule has 3 rings (SSSR count). The average molecular weight is 386 g/mol. The first-order valence-electron chi connectivity index (χ1n) is 9.66. The topological polar surface area (TPSA) is 58.2 Å². The van der Waals surface area contributed by atoms with Crippen molar-refractivity contribution in [3.8, 4) is 0 Å². The Morgan fingerprint density at radius 2 is 1.31 bits per heavy atom. The predicted molar refractivity (Wildman–Crippen MR) is 117 cm³/mol. The Hall–Kier alpha value is -3.40. The SMILES string of the molecule is Cc1ccc(C)c(C(=O)NCc2cccc(NC(=O)c3cc(C)ccc3C)c2)c1. The number of carbonyl (C=O) groups is 2. The zero-order chi connectivity index (χ0) is 21.0. The highest BCUT2D eigenvalue weighted by atomic mass is 16.2. The number of hydrogen-bond donors (Lipinski definition) is 2. The van der Waals surface area contributed by atoms with Crippen molar-refractivity contribution in [1.82, 2.24) is 5.32 Å². The van der Waals surface area contributed by atoms with E-state index in [0.717, 1.165) is 27.8 Å². The van der Waals surface area contributed by atoms with Gasteiger partial charge in [0.05, 0.1) is 0 Å². The molecule has 2 N–H and O–H groups in total. The molecule has 0 aliphatic carbocycles. The third-order valence-electron chi connectivity index (χ3n) is 4.91. The molecule has 0 atom stereocenters. The molecule has 0 aromatic heterocycles. The molecule has 0 bridgehead atoms. The molecule has 4 heteroatoms. The molecular weight excluding hydrogens is 360 g/mol. The van der Waals surface area contributed by atoms with Gasteiger partial charge in [-0.05, 0) is 68.7 Å². The Balaban J connectivity index is 1.68. The lowest BCUT2D eigenvalue weighted by Crippen LogP contribution is -2.23. The van der Waals surface area contributed by atoms with Crippen LogP contribution in [0.25, 0.3) is 0 Å². The summed E-state index contributed by atoms with van der Waals surface area (Å²) in [6.07, 6.45) is 0. The monoisotopic (exact) mass is 386 g/mol. The first kappa shape index (κ1) is 20.3. The van der Waals surface area contributed by atoms with Crippen molar-refractivity contribution >= 4 is 17.5 Å². The van der Waals surface area contributed by atoms with Gasteiger partial charge in [0.15, 0.2) is 0 Å². The summed E-state index contributed by atoms with van der Waals surface area (Å²) in [4.78, 5) is 25.2. The summed E-state index contributed by atoms with van der Waals surface area (Å²) in [5, 5.41) is 5.91. The second-order valence-electron chi connectivity index (χ2n) is 7.47. The van der Waals surface area contributed by atoms with E-state index >= 15 is 0 Å². The van der Waals surface area contributed by atoms with Crippen molar-refractivity contribution in [2.45, 2.75) is 34.2 Å². The molecule has 2 amide bonds. The Kier molecular flexibility index (Phi) is 6.13. The van der Waals surface area contributed by atoms with Crippen LogP contribution in [0.4, 0.5) is 5.69 Å². The summed E-state index contributed by atoms with van der Waals surface area (Å²) < 4.78 is 0. The first-order valence-corrected chi connectivity index (χ1v) is 9.66. The maximum absolute atomic E-state index is 12.6. The molecule has 0 unspecified atom stereocenters. The minimum atomic E-state index is -0.136. The van der Waals surface area contributed by atoms with E-state index in [4.69, 9.17) is 0 Å². The summed E-state index contributed by atoms with van der Waals surface area (Å²) in [5.74, 6) is -0.237. The van der Waals surface area contributed by atoms with Crippen LogP contribution in [-0.2, 0) is 6.54 Å². The van der Waals surface area contributed by atoms with Gasteiger partial charge in [-0.2, -0.15) is 0 Å². The third kappa shape index (κ3) is 5.11. The quantitative estimate of drug-likeness (QED) is 0.641. The summed E-state index contributed by atoms with van der Waals surface area (Å²) >= 11 is 0. The number of aryl methyl sites for hydroxylation is 4. The molecule has 0 spiro atoms. The molecule has 3 aromatic carbocycles. The van der Waals surface area contributed by atoms with Crippen LogP contribution in [0, 0.1) is 27.7 Å². The fraction of sp³-hybridized carbons (Fsp3) is 0.200. The Labute approximate surface area is 172 Å². The fourth-order valence-electron chi connectivity index (χ4n) is 3.20. The van der Waals surface area contributed by atoms with Crippen molar-refractivity contribution in [2.24, 2.45) is 0 Å². The highest BCUT2D eigenvalue weighted by Crippen LogP contribution is 2.16. The number of amides is 2. The summed E-state index contributed by atoms with van der Waals surface area (Å²) in [6.45, 7) is 8.18. The molecule has 0 aliphatic heterocycles. The van der Waals surface area contributed by atoms with E-state index in [0.29, 0.717) is 23.4 Å². The van der Waals surface area contributed by atoms with Crippen LogP contribution in [0.5, 0.6) is 0 Å². The maximum Gasteiger partial charge on any atom is 0.255 e. The minimum Gasteiger partial charge on any atom is -0.348 e. The second-order valence-corrected chi connectivity index (χ2v) is 7.47. The summed E-state index contributed by atoms with van der Waals surface area (Å²) in [7, 11) is 0. The van der Waals surface area contributed by atoms with Crippen LogP contribution < -0.4 is 10.6 Å². The lowest BCUT2D eigenvalue weighted by atomic mass is 10.0. The number of carbonyl (C=O) groups excluding carboxylic acids is 2. The van der Waals surface area contributed by atoms with Gasteiger partial charge in [0, 0.05) is 23.4 Å². The number of hydrogen-bond acceptors (Lipinski definition) is 2. The number of rotatable bonds is 5. The Morgan fingerprint density at radius 1 is 0.724 bits per heavy atom. The van der Waals surface area contributed by atoms with Crippen molar-refractivity contribution in [3.05, 3.63) is 99.6 Å². The maximum atomic E-state index is 12.6. The van der Waals surface area contributed by atoms with E-state index in [1.807, 2.05) is 88.4 Å². The van der Waals surface area contributed by atoms with Crippen molar-refractivity contribution in [3.63, 3.8) is 0 Å². The summed E-state index contributed by atoms with van der Waals surface area (Å²) in [6, 6.07) is 19.2. The highest BCUT2D eigenvalue weighted by Gasteiger charge is 2.11. The van der Waals surface area contributed by atoms with Crippen LogP contribution in [0.2, 0.25) is 0 Å². The van der Waals surface area contributed by atoms with Gasteiger partial charge in [0.2, 0.25) is 0 Å². The molecule has 3 aromatic rings. The van der Waals surface area contributed by atoms with E-state index in [1.165, 1.54) is 0 Å². The molecule has 0 heterocycles. The number of nitrogens with one attached hydrogen (secondary N) is 2. The standard InChI is InChI=1S/C25H26N2O2/c1-16-8-10-18(3)22(12-16)24(28)26-15-20-6-5-7-21(14-20)27-25(29)23-13-17(2)9-11-19(23)4/h5-14H,15H2,1-4H3,(H,26,28)(H,27,29). The van der Waals surface area contributed by atoms with Gasteiger partial charge in [-0.25, -0.2) is 0 Å². The van der Waals surface area contributed by atoms with Gasteiger partial charge >= 0.3 is 0 Å². The van der Waals surface area contributed by atoms with Gasteiger partial charge in [-0.1, -0.05) is 47.5 Å². The van der Waals surface area contributed by atoms with Crippen LogP contribution in [0.1, 0.15) is 48.5 Å². The van der Waals surface area contributed by atoms with Crippen LogP contribution >= 0.6 is 0 Å². The van der Waals surface area contributed by atoms with E-state index in [9.17, 15) is 9.59 Å². The minimum absolute atomic E-state index is 0.101. The Morgan fingerprint density at radius 3 is 1.93 bits per heavy atom. The lowest BCUT2D eigenvalue weighted by Gasteiger charge is -2.11. The largest absolute Gasteiger partial charge is 0.348 e. The molecule has 0 saturated carbocycles. The second kappa shape index (κ2) is 8.74. The smallest absolute Gasteiger partial charge is 0.255 e. The van der Waals surface area contributed by atoms with Crippen LogP contribution in [0.3, 0.4) is 0 Å². The van der Waals surface area contributed by atoms with E-state index in [-0.39, 0.29) is 11.8 Å². The van der Waals surface area contributed by atoms with Gasteiger partial charge in [0.25, 0.3) is 11.8 Å². The normalized spacial score (nSPS) is 10.5. The molecule has 0 aliphatic rings. The lowest BCUT2D eigenvalue weighted by molar-refractivity contribution is 0.0949. The first-order chi connectivity index (χ1) is 13.8. The van der Waals surface area contributed by atoms with E-state index in [2.05, 4.69) is 10.6 Å². The zero-order valence-electron chi connectivity index (χ0n) is 17.3. The average Bonchev–Trinajstić information content (AvgIpc) is 2.70. The van der Waals surface area contributed by atoms with Gasteiger partial charge in [0.1, 0.15) is 0 Å². The number of anilines is 1. The molecule has 0 fully saturated rings. The molecule has 0 radical (unpaired) electrons. The van der Waals surface area contributed by atoms with Gasteiger partial charge in [-0.3, -0.25) is 9.59 Å². The van der Waals surface area contributed by atoms with Gasteiger partial charge in [-0.15, -0.1) is 0 Å². The molecule has 0 saturated heterocycles. The number of benzene rings is 3. The third-order valence-corrected chi connectivity index (χ3v) is 4.91. The highest BCUT2D eigenvalue weighted by molar-refractivity contribution is 6.05.